The van der Waals surface area contributed by atoms with Crippen molar-refractivity contribution in [1.29, 1.82) is 0 Å². The molecule has 0 atom stereocenters. The first-order valence-electron chi connectivity index (χ1n) is 5.78. The summed E-state index contributed by atoms with van der Waals surface area (Å²) in [6, 6.07) is 0. The Kier molecular flexibility index (Phi) is 12.0. The van der Waals surface area contributed by atoms with E-state index in [2.05, 4.69) is 43.1 Å². The van der Waals surface area contributed by atoms with Crippen molar-refractivity contribution >= 4 is 0 Å². The molecule has 2 radical (unpaired) electrons. The number of nitrogens with one attached hydrogen (secondary N) is 2. The smallest absolute Gasteiger partial charge is 0.484 e. The van der Waals surface area contributed by atoms with Gasteiger partial charge >= 0.3 is 39.0 Å². The maximum Gasteiger partial charge on any atom is 1.00 e. The minimum Gasteiger partial charge on any atom is -0.484 e. The summed E-state index contributed by atoms with van der Waals surface area (Å²) in [4.78, 5) is 5.85. The van der Waals surface area contributed by atoms with Crippen LogP contribution in [0.25, 0.3) is 0 Å². The largest absolute Gasteiger partial charge is 1.00 e. The quantitative estimate of drug-likeness (QED) is 0.554. The molecule has 18 heavy (non-hydrogen) atoms. The van der Waals surface area contributed by atoms with Crippen molar-refractivity contribution in [2.75, 3.05) is 0 Å². The third-order valence-corrected chi connectivity index (χ3v) is 2.73. The summed E-state index contributed by atoms with van der Waals surface area (Å²) in [5.41, 5.74) is 5.22. The van der Waals surface area contributed by atoms with Gasteiger partial charge in [-0.05, 0) is 0 Å². The molecule has 0 aromatic carbocycles. The van der Waals surface area contributed by atoms with Gasteiger partial charge in [-0.3, -0.25) is 0 Å². The summed E-state index contributed by atoms with van der Waals surface area (Å²) in [5.74, 6) is 0. The topological polar surface area (TPSA) is 31.6 Å². The van der Waals surface area contributed by atoms with Gasteiger partial charge in [0.1, 0.15) is 0 Å². The minimum absolute atomic E-state index is 0. The van der Waals surface area contributed by atoms with Crippen LogP contribution in [-0.2, 0) is 51.8 Å². The Hall–Kier alpha value is -0.193. The monoisotopic (exact) mass is 420 g/mol. The van der Waals surface area contributed by atoms with Gasteiger partial charge in [-0.15, -0.1) is 24.8 Å². The molecule has 2 rings (SSSR count). The van der Waals surface area contributed by atoms with Crippen molar-refractivity contribution in [3.8, 4) is 0 Å². The molecule has 4 heteroatoms. The Morgan fingerprint density at radius 2 is 1.56 bits per heavy atom. The number of H-pyrrole nitrogens is 2. The molecule has 0 aliphatic heterocycles. The van der Waals surface area contributed by atoms with E-state index in [1.165, 1.54) is 22.3 Å². The molecule has 0 saturated carbocycles. The average molecular weight is 418 g/mol. The fourth-order valence-electron chi connectivity index (χ4n) is 1.47. The van der Waals surface area contributed by atoms with Crippen LogP contribution in [0.2, 0.25) is 0 Å². The Morgan fingerprint density at radius 1 is 0.944 bits per heavy atom. The molecule has 0 amide bonds. The molecule has 0 spiro atoms. The summed E-state index contributed by atoms with van der Waals surface area (Å²) < 4.78 is 0. The van der Waals surface area contributed by atoms with E-state index in [-0.39, 0.29) is 39.0 Å². The molecule has 2 aromatic heterocycles. The Labute approximate surface area is 136 Å². The van der Waals surface area contributed by atoms with Gasteiger partial charge in [0.15, 0.2) is 0 Å². The predicted octanol–water partition coefficient (Wildman–Crippen LogP) is 3.37. The normalized spacial score (nSPS) is 8.67. The minimum atomic E-state index is 0. The van der Waals surface area contributed by atoms with Gasteiger partial charge < -0.3 is 9.97 Å². The van der Waals surface area contributed by atoms with Crippen molar-refractivity contribution in [1.82, 2.24) is 9.97 Å². The molecule has 0 fully saturated rings. The molecule has 2 N–H and O–H groups in total. The Bertz CT molecular complexity index is 384. The van der Waals surface area contributed by atoms with Crippen LogP contribution in [0.3, 0.4) is 0 Å². The van der Waals surface area contributed by atoms with Crippen LogP contribution in [0.4, 0.5) is 0 Å². The van der Waals surface area contributed by atoms with Gasteiger partial charge in [-0.1, -0.05) is 40.5 Å². The van der Waals surface area contributed by atoms with Crippen LogP contribution in [0.1, 0.15) is 36.1 Å². The summed E-state index contributed by atoms with van der Waals surface area (Å²) in [5, 5.41) is 0. The Balaban J connectivity index is 0. The van der Waals surface area contributed by atoms with Crippen LogP contribution in [0, 0.1) is 26.2 Å². The molecule has 0 saturated heterocycles. The van der Waals surface area contributed by atoms with Crippen molar-refractivity contribution < 1.29 is 39.0 Å². The zero-order chi connectivity index (χ0) is 12.0. The SMILES string of the molecule is CCc1[c-][nH]cc1CC.Cc1[c-][nH]cc1C.[Ru+].[Ru+]. The summed E-state index contributed by atoms with van der Waals surface area (Å²) >= 11 is 0. The molecule has 0 aliphatic rings. The van der Waals surface area contributed by atoms with E-state index < -0.39 is 0 Å². The summed E-state index contributed by atoms with van der Waals surface area (Å²) in [6.07, 6.45) is 12.2. The first-order valence-corrected chi connectivity index (χ1v) is 5.78. The van der Waals surface area contributed by atoms with Gasteiger partial charge in [0.25, 0.3) is 0 Å². The van der Waals surface area contributed by atoms with Gasteiger partial charge in [0, 0.05) is 0 Å². The third-order valence-electron chi connectivity index (χ3n) is 2.73. The second kappa shape index (κ2) is 10.7. The molecule has 0 unspecified atom stereocenters. The average Bonchev–Trinajstić information content (AvgIpc) is 2.89. The molecule has 0 aliphatic carbocycles. The zero-order valence-corrected chi connectivity index (χ0v) is 14.8. The molecular weight excluding hydrogens is 398 g/mol. The van der Waals surface area contributed by atoms with Gasteiger partial charge in [0.05, 0.1) is 0 Å². The van der Waals surface area contributed by atoms with E-state index >= 15 is 0 Å². The third kappa shape index (κ3) is 6.11. The van der Waals surface area contributed by atoms with Crippen molar-refractivity contribution in [3.05, 3.63) is 47.0 Å². The van der Waals surface area contributed by atoms with E-state index in [1.54, 1.807) is 0 Å². The molecule has 102 valence electrons. The zero-order valence-electron chi connectivity index (χ0n) is 11.3. The van der Waals surface area contributed by atoms with Crippen LogP contribution in [0.5, 0.6) is 0 Å². The van der Waals surface area contributed by atoms with Crippen molar-refractivity contribution in [2.45, 2.75) is 40.5 Å². The second-order valence-corrected chi connectivity index (χ2v) is 3.85. The van der Waals surface area contributed by atoms with E-state index in [9.17, 15) is 0 Å². The van der Waals surface area contributed by atoms with E-state index in [1.807, 2.05) is 19.3 Å². The molecule has 0 bridgehead atoms. The standard InChI is InChI=1S/C8H12N.C6H8N.2Ru/c1-3-7-5-9-6-8(7)4-2;1-5-3-7-4-6(5)2;;/h5,9H,3-4H2,1-2H3;3,7H,1-2H3;;/q2*-1;2*+1. The fourth-order valence-corrected chi connectivity index (χ4v) is 1.47. The number of hydrogen-bond acceptors (Lipinski definition) is 0. The first-order chi connectivity index (χ1) is 7.69. The maximum absolute atomic E-state index is 3.08. The maximum atomic E-state index is 3.08. The van der Waals surface area contributed by atoms with Crippen LogP contribution < -0.4 is 0 Å². The number of aromatic nitrogens is 2. The van der Waals surface area contributed by atoms with Crippen LogP contribution >= 0.6 is 0 Å². The fraction of sp³-hybridized carbons (Fsp3) is 0.429. The Morgan fingerprint density at radius 3 is 1.83 bits per heavy atom. The number of hydrogen-bond donors (Lipinski definition) is 2. The number of rotatable bonds is 2. The first kappa shape index (κ1) is 20.1. The molecule has 2 heterocycles. The van der Waals surface area contributed by atoms with Crippen molar-refractivity contribution in [3.63, 3.8) is 0 Å². The van der Waals surface area contributed by atoms with E-state index in [0.29, 0.717) is 0 Å². The number of aromatic amines is 2. The summed E-state index contributed by atoms with van der Waals surface area (Å²) in [6.45, 7) is 8.41. The van der Waals surface area contributed by atoms with Crippen LogP contribution in [0.15, 0.2) is 12.4 Å². The van der Waals surface area contributed by atoms with Crippen molar-refractivity contribution in [2.24, 2.45) is 0 Å². The summed E-state index contributed by atoms with van der Waals surface area (Å²) in [7, 11) is 0. The van der Waals surface area contributed by atoms with E-state index in [4.69, 9.17) is 0 Å². The second-order valence-electron chi connectivity index (χ2n) is 3.85. The predicted molar refractivity (Wildman–Crippen MR) is 67.5 cm³/mol. The molecule has 2 nitrogen and oxygen atoms in total. The van der Waals surface area contributed by atoms with E-state index in [0.717, 1.165) is 12.8 Å². The molecular formula is C14H20N2Ru2. The van der Waals surface area contributed by atoms with Gasteiger partial charge in [0.2, 0.25) is 0 Å². The van der Waals surface area contributed by atoms with Crippen LogP contribution in [-0.4, -0.2) is 9.97 Å². The number of aryl methyl sites for hydroxylation is 4. The van der Waals surface area contributed by atoms with Gasteiger partial charge in [-0.2, -0.15) is 22.3 Å². The molecule has 2 aromatic rings. The van der Waals surface area contributed by atoms with Gasteiger partial charge in [-0.25, -0.2) is 0 Å².